The zero-order chi connectivity index (χ0) is 24.3. The lowest BCUT2D eigenvalue weighted by Crippen LogP contribution is -2.46. The molecule has 0 spiro atoms. The molecule has 2 aromatic carbocycles. The molecule has 1 N–H and O–H groups in total. The normalized spacial score (nSPS) is 14.3. The molecule has 0 aromatic heterocycles. The van der Waals surface area contributed by atoms with Crippen molar-refractivity contribution in [3.63, 3.8) is 0 Å². The van der Waals surface area contributed by atoms with E-state index in [2.05, 4.69) is 5.32 Å². The maximum atomic E-state index is 13.1. The van der Waals surface area contributed by atoms with Crippen molar-refractivity contribution < 1.29 is 37.1 Å². The van der Waals surface area contributed by atoms with E-state index in [0.29, 0.717) is 0 Å². The average molecular weight is 462 g/mol. The van der Waals surface area contributed by atoms with Gasteiger partial charge in [0.15, 0.2) is 6.61 Å². The Morgan fingerprint density at radius 2 is 1.52 bits per heavy atom. The Labute approximate surface area is 187 Å². The number of imide groups is 1. The minimum Gasteiger partial charge on any atom is -0.454 e. The molecule has 7 nitrogen and oxygen atoms in total. The highest BCUT2D eigenvalue weighted by molar-refractivity contribution is 6.22. The van der Waals surface area contributed by atoms with Gasteiger partial charge in [0.1, 0.15) is 6.04 Å². The average Bonchev–Trinajstić information content (AvgIpc) is 3.00. The summed E-state index contributed by atoms with van der Waals surface area (Å²) in [5.74, 6) is -3.41. The van der Waals surface area contributed by atoms with Gasteiger partial charge in [0.25, 0.3) is 17.7 Å². The summed E-state index contributed by atoms with van der Waals surface area (Å²) in [4.78, 5) is 51.3. The summed E-state index contributed by atoms with van der Waals surface area (Å²) >= 11 is 0. The number of nitrogens with one attached hydrogen (secondary N) is 1. The van der Waals surface area contributed by atoms with E-state index in [1.54, 1.807) is 26.0 Å². The second kappa shape index (κ2) is 9.43. The zero-order valence-electron chi connectivity index (χ0n) is 17.8. The van der Waals surface area contributed by atoms with Crippen molar-refractivity contribution in [3.8, 4) is 0 Å². The summed E-state index contributed by atoms with van der Waals surface area (Å²) in [7, 11) is 0. The van der Waals surface area contributed by atoms with Gasteiger partial charge in [-0.25, -0.2) is 4.79 Å². The van der Waals surface area contributed by atoms with Crippen LogP contribution in [0.4, 0.5) is 18.9 Å². The highest BCUT2D eigenvalue weighted by Gasteiger charge is 2.43. The zero-order valence-corrected chi connectivity index (χ0v) is 17.8. The molecule has 0 saturated heterocycles. The number of nitrogens with zero attached hydrogens (tertiary/aromatic N) is 1. The van der Waals surface area contributed by atoms with Crippen LogP contribution >= 0.6 is 0 Å². The predicted octanol–water partition coefficient (Wildman–Crippen LogP) is 3.90. The van der Waals surface area contributed by atoms with Crippen LogP contribution in [0.2, 0.25) is 0 Å². The van der Waals surface area contributed by atoms with E-state index in [4.69, 9.17) is 4.74 Å². The van der Waals surface area contributed by atoms with Crippen LogP contribution in [0.3, 0.4) is 0 Å². The van der Waals surface area contributed by atoms with Crippen molar-refractivity contribution in [1.82, 2.24) is 4.90 Å². The molecular weight excluding hydrogens is 441 g/mol. The van der Waals surface area contributed by atoms with Crippen LogP contribution in [0.5, 0.6) is 0 Å². The van der Waals surface area contributed by atoms with Gasteiger partial charge in [-0.15, -0.1) is 0 Å². The number of fused-ring (bicyclic) bond motifs is 1. The van der Waals surface area contributed by atoms with Gasteiger partial charge in [-0.05, 0) is 36.6 Å². The smallest absolute Gasteiger partial charge is 0.418 e. The number of para-hydroxylation sites is 1. The van der Waals surface area contributed by atoms with E-state index in [0.717, 1.165) is 17.0 Å². The second-order valence-electron chi connectivity index (χ2n) is 7.87. The summed E-state index contributed by atoms with van der Waals surface area (Å²) < 4.78 is 44.3. The fourth-order valence-electron chi connectivity index (χ4n) is 3.50. The van der Waals surface area contributed by atoms with Crippen molar-refractivity contribution in [2.75, 3.05) is 11.9 Å². The molecule has 0 fully saturated rings. The topological polar surface area (TPSA) is 92.8 Å². The van der Waals surface area contributed by atoms with Gasteiger partial charge in [-0.1, -0.05) is 38.1 Å². The molecule has 3 rings (SSSR count). The lowest BCUT2D eigenvalue weighted by Gasteiger charge is -2.25. The monoisotopic (exact) mass is 462 g/mol. The van der Waals surface area contributed by atoms with E-state index in [9.17, 15) is 32.3 Å². The first-order chi connectivity index (χ1) is 15.5. The molecule has 0 aliphatic carbocycles. The maximum Gasteiger partial charge on any atom is 0.418 e. The van der Waals surface area contributed by atoms with Crippen LogP contribution < -0.4 is 5.32 Å². The van der Waals surface area contributed by atoms with Gasteiger partial charge >= 0.3 is 12.1 Å². The maximum absolute atomic E-state index is 13.1. The fraction of sp³-hybridized carbons (Fsp3) is 0.304. The number of anilines is 1. The second-order valence-corrected chi connectivity index (χ2v) is 7.87. The SMILES string of the molecule is CC(C)C[C@@H](C(=O)OCC(=O)Nc1ccccc1C(F)(F)F)N1C(=O)c2ccccc2C1=O. The molecule has 1 atom stereocenters. The third kappa shape index (κ3) is 5.21. The van der Waals surface area contributed by atoms with Gasteiger partial charge in [0.05, 0.1) is 22.4 Å². The van der Waals surface area contributed by atoms with Crippen molar-refractivity contribution in [1.29, 1.82) is 0 Å². The Bertz CT molecular complexity index is 1060. The highest BCUT2D eigenvalue weighted by Crippen LogP contribution is 2.34. The molecule has 174 valence electrons. The third-order valence-corrected chi connectivity index (χ3v) is 4.96. The van der Waals surface area contributed by atoms with Crippen LogP contribution in [-0.2, 0) is 20.5 Å². The number of halogens is 3. The third-order valence-electron chi connectivity index (χ3n) is 4.96. The number of carbonyl (C=O) groups excluding carboxylic acids is 4. The first kappa shape index (κ1) is 24.0. The van der Waals surface area contributed by atoms with Gasteiger partial charge in [0, 0.05) is 0 Å². The number of ether oxygens (including phenoxy) is 1. The van der Waals surface area contributed by atoms with Crippen molar-refractivity contribution >= 4 is 29.4 Å². The van der Waals surface area contributed by atoms with Gasteiger partial charge < -0.3 is 10.1 Å². The Morgan fingerprint density at radius 1 is 0.970 bits per heavy atom. The molecule has 0 radical (unpaired) electrons. The molecule has 10 heteroatoms. The molecule has 0 unspecified atom stereocenters. The van der Waals surface area contributed by atoms with Gasteiger partial charge in [-0.3, -0.25) is 19.3 Å². The van der Waals surface area contributed by atoms with Crippen LogP contribution in [0.15, 0.2) is 48.5 Å². The van der Waals surface area contributed by atoms with Crippen LogP contribution in [0.1, 0.15) is 46.5 Å². The van der Waals surface area contributed by atoms with Crippen LogP contribution in [0, 0.1) is 5.92 Å². The van der Waals surface area contributed by atoms with Crippen molar-refractivity contribution in [2.24, 2.45) is 5.92 Å². The Hall–Kier alpha value is -3.69. The molecule has 3 amide bonds. The number of benzene rings is 2. The fourth-order valence-corrected chi connectivity index (χ4v) is 3.50. The highest BCUT2D eigenvalue weighted by atomic mass is 19.4. The Kier molecular flexibility index (Phi) is 6.85. The van der Waals surface area contributed by atoms with Crippen molar-refractivity contribution in [3.05, 3.63) is 65.2 Å². The molecule has 1 heterocycles. The van der Waals surface area contributed by atoms with E-state index >= 15 is 0 Å². The lowest BCUT2D eigenvalue weighted by molar-refractivity contribution is -0.151. The number of rotatable bonds is 7. The molecular formula is C23H21F3N2O5. The van der Waals surface area contributed by atoms with Gasteiger partial charge in [0.2, 0.25) is 0 Å². The molecule has 0 saturated carbocycles. The summed E-state index contributed by atoms with van der Waals surface area (Å²) in [6, 6.07) is 9.21. The first-order valence-electron chi connectivity index (χ1n) is 10.1. The molecule has 0 bridgehead atoms. The summed E-state index contributed by atoms with van der Waals surface area (Å²) in [6.45, 7) is 2.67. The van der Waals surface area contributed by atoms with Gasteiger partial charge in [-0.2, -0.15) is 13.2 Å². The van der Waals surface area contributed by atoms with E-state index in [1.807, 2.05) is 0 Å². The number of hydrogen-bond acceptors (Lipinski definition) is 5. The quantitative estimate of drug-likeness (QED) is 0.498. The summed E-state index contributed by atoms with van der Waals surface area (Å²) in [5.41, 5.74) is -1.21. The Morgan fingerprint density at radius 3 is 2.06 bits per heavy atom. The largest absolute Gasteiger partial charge is 0.454 e. The minimum absolute atomic E-state index is 0.0861. The number of amides is 3. The molecule has 2 aromatic rings. The standard InChI is InChI=1S/C23H21F3N2O5/c1-13(2)11-18(28-20(30)14-7-3-4-8-15(14)21(28)31)22(32)33-12-19(29)27-17-10-6-5-9-16(17)23(24,25)26/h3-10,13,18H,11-12H2,1-2H3,(H,27,29)/t18-/m0/s1. The summed E-state index contributed by atoms with van der Waals surface area (Å²) in [6.07, 6.45) is -4.60. The number of esters is 1. The van der Waals surface area contributed by atoms with Crippen LogP contribution in [0.25, 0.3) is 0 Å². The Balaban J connectivity index is 1.72. The van der Waals surface area contributed by atoms with Crippen molar-refractivity contribution in [2.45, 2.75) is 32.5 Å². The van der Waals surface area contributed by atoms with E-state index < -0.39 is 53.8 Å². The van der Waals surface area contributed by atoms with Crippen LogP contribution in [-0.4, -0.2) is 41.2 Å². The summed E-state index contributed by atoms with van der Waals surface area (Å²) in [5, 5.41) is 2.07. The first-order valence-corrected chi connectivity index (χ1v) is 10.1. The predicted molar refractivity (Wildman–Crippen MR) is 111 cm³/mol. The number of hydrogen-bond donors (Lipinski definition) is 1. The minimum atomic E-state index is -4.69. The lowest BCUT2D eigenvalue weighted by atomic mass is 10.0. The molecule has 33 heavy (non-hydrogen) atoms. The number of alkyl halides is 3. The number of carbonyl (C=O) groups is 4. The van der Waals surface area contributed by atoms with E-state index in [-0.39, 0.29) is 23.5 Å². The molecule has 1 aliphatic heterocycles. The molecule has 1 aliphatic rings. The van der Waals surface area contributed by atoms with E-state index in [1.165, 1.54) is 24.3 Å².